The molecule has 0 aliphatic carbocycles. The smallest absolute Gasteiger partial charge is 0.410 e. The number of nitrogens with two attached hydrogens (primary N) is 1. The second-order valence-corrected chi connectivity index (χ2v) is 7.06. The van der Waals surface area contributed by atoms with Gasteiger partial charge in [0.1, 0.15) is 17.4 Å². The molecule has 1 atom stereocenters. The molecule has 6 heteroatoms. The van der Waals surface area contributed by atoms with Crippen LogP contribution in [0.4, 0.5) is 4.79 Å². The van der Waals surface area contributed by atoms with E-state index in [2.05, 4.69) is 0 Å². The average molecular weight is 334 g/mol. The van der Waals surface area contributed by atoms with E-state index < -0.39 is 17.6 Å². The average Bonchev–Trinajstić information content (AvgIpc) is 2.53. The highest BCUT2D eigenvalue weighted by molar-refractivity contribution is 5.78. The highest BCUT2D eigenvalue weighted by atomic mass is 16.6. The van der Waals surface area contributed by atoms with E-state index in [9.17, 15) is 9.59 Å². The number of carbonyl (C=O) groups is 2. The minimum Gasteiger partial charge on any atom is -0.444 e. The van der Waals surface area contributed by atoms with Gasteiger partial charge >= 0.3 is 12.1 Å². The topological polar surface area (TPSA) is 81.9 Å². The number of benzene rings is 1. The normalized spacial score (nSPS) is 17.2. The van der Waals surface area contributed by atoms with Crippen molar-refractivity contribution in [2.45, 2.75) is 45.3 Å². The van der Waals surface area contributed by atoms with Crippen molar-refractivity contribution in [1.29, 1.82) is 0 Å². The molecule has 1 unspecified atom stereocenters. The van der Waals surface area contributed by atoms with Crippen molar-refractivity contribution in [3.05, 3.63) is 30.3 Å². The van der Waals surface area contributed by atoms with Gasteiger partial charge in [-0.3, -0.25) is 0 Å². The Morgan fingerprint density at radius 1 is 1.17 bits per heavy atom. The van der Waals surface area contributed by atoms with Crippen LogP contribution in [0, 0.1) is 5.92 Å². The van der Waals surface area contributed by atoms with E-state index in [4.69, 9.17) is 15.2 Å². The first-order valence-corrected chi connectivity index (χ1v) is 8.26. The van der Waals surface area contributed by atoms with Crippen LogP contribution >= 0.6 is 0 Å². The molecule has 1 heterocycles. The van der Waals surface area contributed by atoms with Gasteiger partial charge in [-0.2, -0.15) is 0 Å². The van der Waals surface area contributed by atoms with Gasteiger partial charge in [0.05, 0.1) is 0 Å². The van der Waals surface area contributed by atoms with Gasteiger partial charge < -0.3 is 20.1 Å². The summed E-state index contributed by atoms with van der Waals surface area (Å²) in [6.45, 7) is 6.59. The molecule has 1 fully saturated rings. The number of likely N-dealkylation sites (tertiary alicyclic amines) is 1. The lowest BCUT2D eigenvalue weighted by atomic mass is 9.90. The number of amides is 1. The number of hydrogen-bond acceptors (Lipinski definition) is 5. The molecule has 0 bridgehead atoms. The molecule has 0 saturated carbocycles. The van der Waals surface area contributed by atoms with Crippen LogP contribution in [0.3, 0.4) is 0 Å². The molecule has 1 amide bonds. The highest BCUT2D eigenvalue weighted by Gasteiger charge is 2.32. The Bertz CT molecular complexity index is 560. The molecular weight excluding hydrogens is 308 g/mol. The van der Waals surface area contributed by atoms with Crippen molar-refractivity contribution in [3.63, 3.8) is 0 Å². The summed E-state index contributed by atoms with van der Waals surface area (Å²) in [5, 5.41) is 0. The van der Waals surface area contributed by atoms with E-state index in [1.165, 1.54) is 0 Å². The second kappa shape index (κ2) is 7.66. The molecule has 2 N–H and O–H groups in total. The molecule has 1 aromatic carbocycles. The fourth-order valence-corrected chi connectivity index (χ4v) is 2.63. The van der Waals surface area contributed by atoms with E-state index >= 15 is 0 Å². The van der Waals surface area contributed by atoms with Crippen LogP contribution < -0.4 is 10.5 Å². The van der Waals surface area contributed by atoms with Crippen LogP contribution in [-0.2, 0) is 9.53 Å². The summed E-state index contributed by atoms with van der Waals surface area (Å²) in [5.74, 6) is 0.0564. The number of nitrogens with zero attached hydrogens (tertiary/aromatic N) is 1. The minimum absolute atomic E-state index is 0.0000935. The van der Waals surface area contributed by atoms with Crippen molar-refractivity contribution >= 4 is 12.1 Å². The lowest BCUT2D eigenvalue weighted by molar-refractivity contribution is -0.137. The number of hydrogen-bond donors (Lipinski definition) is 1. The van der Waals surface area contributed by atoms with E-state index in [-0.39, 0.29) is 12.0 Å². The number of para-hydroxylation sites is 1. The van der Waals surface area contributed by atoms with Gasteiger partial charge in [-0.15, -0.1) is 0 Å². The van der Waals surface area contributed by atoms with Gasteiger partial charge in [0, 0.05) is 13.1 Å². The summed E-state index contributed by atoms with van der Waals surface area (Å²) in [5.41, 5.74) is 5.54. The first-order valence-electron chi connectivity index (χ1n) is 8.26. The maximum atomic E-state index is 12.2. The van der Waals surface area contributed by atoms with Gasteiger partial charge in [-0.25, -0.2) is 9.59 Å². The molecular formula is C18H26N2O4. The van der Waals surface area contributed by atoms with Crippen LogP contribution in [-0.4, -0.2) is 41.7 Å². The summed E-state index contributed by atoms with van der Waals surface area (Å²) in [6.07, 6.45) is 0.996. The van der Waals surface area contributed by atoms with E-state index in [1.54, 1.807) is 29.2 Å². The number of ether oxygens (including phenoxy) is 2. The molecule has 24 heavy (non-hydrogen) atoms. The molecule has 0 aromatic heterocycles. The number of piperidine rings is 1. The Kier molecular flexibility index (Phi) is 5.83. The third-order valence-electron chi connectivity index (χ3n) is 3.93. The molecule has 1 aromatic rings. The molecule has 6 nitrogen and oxygen atoms in total. The Hall–Kier alpha value is -2.08. The Morgan fingerprint density at radius 2 is 1.75 bits per heavy atom. The maximum Gasteiger partial charge on any atom is 0.410 e. The van der Waals surface area contributed by atoms with Crippen LogP contribution in [0.25, 0.3) is 0 Å². The lowest BCUT2D eigenvalue weighted by Gasteiger charge is -2.34. The number of rotatable bonds is 3. The molecule has 1 aliphatic heterocycles. The van der Waals surface area contributed by atoms with Crippen LogP contribution in [0.1, 0.15) is 33.6 Å². The van der Waals surface area contributed by atoms with E-state index in [1.807, 2.05) is 26.8 Å². The fourth-order valence-electron chi connectivity index (χ4n) is 2.63. The highest BCUT2D eigenvalue weighted by Crippen LogP contribution is 2.23. The SMILES string of the molecule is CC(C)(C)OC(=O)N1CCC(C(N)C(=O)Oc2ccccc2)CC1. The van der Waals surface area contributed by atoms with Crippen LogP contribution in [0.2, 0.25) is 0 Å². The second-order valence-electron chi connectivity index (χ2n) is 7.06. The van der Waals surface area contributed by atoms with Crippen LogP contribution in [0.5, 0.6) is 5.75 Å². The Morgan fingerprint density at radius 3 is 2.29 bits per heavy atom. The van der Waals surface area contributed by atoms with Crippen molar-refractivity contribution in [2.24, 2.45) is 11.7 Å². The standard InChI is InChI=1S/C18H26N2O4/c1-18(2,3)24-17(22)20-11-9-13(10-12-20)15(19)16(21)23-14-7-5-4-6-8-14/h4-8,13,15H,9-12,19H2,1-3H3. The molecule has 0 spiro atoms. The third kappa shape index (κ3) is 5.23. The molecule has 0 radical (unpaired) electrons. The first-order chi connectivity index (χ1) is 11.3. The molecule has 1 saturated heterocycles. The summed E-state index contributed by atoms with van der Waals surface area (Å²) >= 11 is 0. The molecule has 1 aliphatic rings. The van der Waals surface area contributed by atoms with Crippen molar-refractivity contribution in [2.75, 3.05) is 13.1 Å². The quantitative estimate of drug-likeness (QED) is 0.678. The summed E-state index contributed by atoms with van der Waals surface area (Å²) < 4.78 is 10.7. The minimum atomic E-state index is -0.689. The third-order valence-corrected chi connectivity index (χ3v) is 3.93. The lowest BCUT2D eigenvalue weighted by Crippen LogP contribution is -2.48. The summed E-state index contributed by atoms with van der Waals surface area (Å²) in [6, 6.07) is 8.20. The van der Waals surface area contributed by atoms with E-state index in [0.717, 1.165) is 0 Å². The predicted octanol–water partition coefficient (Wildman–Crippen LogP) is 2.57. The maximum absolute atomic E-state index is 12.2. The van der Waals surface area contributed by atoms with Gasteiger partial charge in [-0.1, -0.05) is 18.2 Å². The number of carbonyl (C=O) groups excluding carboxylic acids is 2. The van der Waals surface area contributed by atoms with Gasteiger partial charge in [-0.05, 0) is 51.7 Å². The largest absolute Gasteiger partial charge is 0.444 e. The van der Waals surface area contributed by atoms with Gasteiger partial charge in [0.2, 0.25) is 0 Å². The zero-order chi connectivity index (χ0) is 17.7. The van der Waals surface area contributed by atoms with Crippen LogP contribution in [0.15, 0.2) is 30.3 Å². The number of esters is 1. The molecule has 132 valence electrons. The summed E-state index contributed by atoms with van der Waals surface area (Å²) in [4.78, 5) is 25.9. The van der Waals surface area contributed by atoms with Gasteiger partial charge in [0.25, 0.3) is 0 Å². The van der Waals surface area contributed by atoms with E-state index in [0.29, 0.717) is 31.7 Å². The van der Waals surface area contributed by atoms with Gasteiger partial charge in [0.15, 0.2) is 0 Å². The zero-order valence-electron chi connectivity index (χ0n) is 14.5. The zero-order valence-corrected chi connectivity index (χ0v) is 14.5. The van der Waals surface area contributed by atoms with Crippen molar-refractivity contribution < 1.29 is 19.1 Å². The van der Waals surface area contributed by atoms with Crippen molar-refractivity contribution in [1.82, 2.24) is 4.90 Å². The molecule has 2 rings (SSSR count). The Balaban J connectivity index is 1.83. The Labute approximate surface area is 142 Å². The first kappa shape index (κ1) is 18.3. The van der Waals surface area contributed by atoms with Crippen molar-refractivity contribution in [3.8, 4) is 5.75 Å². The summed E-state index contributed by atoms with van der Waals surface area (Å²) in [7, 11) is 0. The monoisotopic (exact) mass is 334 g/mol. The predicted molar refractivity (Wildman–Crippen MR) is 90.6 cm³/mol. The fraction of sp³-hybridized carbons (Fsp3) is 0.556.